The Hall–Kier alpha value is -1.06. The lowest BCUT2D eigenvalue weighted by Crippen LogP contribution is -2.45. The Kier molecular flexibility index (Phi) is 7.03. The van der Waals surface area contributed by atoms with Gasteiger partial charge in [0.25, 0.3) is 0 Å². The molecule has 0 aliphatic carbocycles. The molecular weight excluding hydrogens is 291 g/mol. The minimum atomic E-state index is 0. The van der Waals surface area contributed by atoms with E-state index in [1.54, 1.807) is 0 Å². The first kappa shape index (κ1) is 17.0. The van der Waals surface area contributed by atoms with Crippen LogP contribution in [-0.4, -0.2) is 13.1 Å². The van der Waals surface area contributed by atoms with Crippen LogP contribution < -0.4 is 10.6 Å². The van der Waals surface area contributed by atoms with Gasteiger partial charge in [0.2, 0.25) is 0 Å². The van der Waals surface area contributed by atoms with E-state index in [9.17, 15) is 0 Å². The highest BCUT2D eigenvalue weighted by molar-refractivity contribution is 5.85. The van der Waals surface area contributed by atoms with Gasteiger partial charge in [-0.05, 0) is 11.1 Å². The number of rotatable bonds is 2. The molecule has 2 unspecified atom stereocenters. The number of piperazine rings is 1. The summed E-state index contributed by atoms with van der Waals surface area (Å²) in [5.41, 5.74) is 2.72. The van der Waals surface area contributed by atoms with Gasteiger partial charge >= 0.3 is 0 Å². The SMILES string of the molecule is Cl.Cl.c1ccc(C2CNC(c3ccccc3)CN2)cc1. The van der Waals surface area contributed by atoms with E-state index in [1.165, 1.54) is 11.1 Å². The maximum absolute atomic E-state index is 3.62. The van der Waals surface area contributed by atoms with Crippen LogP contribution in [0.4, 0.5) is 0 Å². The summed E-state index contributed by atoms with van der Waals surface area (Å²) in [7, 11) is 0. The highest BCUT2D eigenvalue weighted by atomic mass is 35.5. The average molecular weight is 311 g/mol. The molecule has 2 nitrogen and oxygen atoms in total. The van der Waals surface area contributed by atoms with Crippen LogP contribution in [0.2, 0.25) is 0 Å². The topological polar surface area (TPSA) is 24.1 Å². The summed E-state index contributed by atoms with van der Waals surface area (Å²) in [6.45, 7) is 1.95. The summed E-state index contributed by atoms with van der Waals surface area (Å²) in [6, 6.07) is 22.1. The molecular formula is C16H20Cl2N2. The molecule has 2 atom stereocenters. The van der Waals surface area contributed by atoms with Crippen molar-refractivity contribution in [3.63, 3.8) is 0 Å². The van der Waals surface area contributed by atoms with Gasteiger partial charge in [0.1, 0.15) is 0 Å². The zero-order valence-electron chi connectivity index (χ0n) is 11.2. The fourth-order valence-electron chi connectivity index (χ4n) is 2.51. The molecule has 0 aromatic heterocycles. The molecule has 4 heteroatoms. The van der Waals surface area contributed by atoms with Crippen LogP contribution >= 0.6 is 24.8 Å². The van der Waals surface area contributed by atoms with Crippen LogP contribution in [0.1, 0.15) is 23.2 Å². The third-order valence-corrected chi connectivity index (χ3v) is 3.54. The van der Waals surface area contributed by atoms with E-state index in [0.29, 0.717) is 12.1 Å². The molecule has 1 aliphatic rings. The molecule has 1 saturated heterocycles. The maximum atomic E-state index is 3.62. The molecule has 1 fully saturated rings. The van der Waals surface area contributed by atoms with Crippen LogP contribution in [0.15, 0.2) is 60.7 Å². The fourth-order valence-corrected chi connectivity index (χ4v) is 2.51. The Balaban J connectivity index is 0.000001000. The van der Waals surface area contributed by atoms with Crippen LogP contribution in [0.3, 0.4) is 0 Å². The molecule has 20 heavy (non-hydrogen) atoms. The molecule has 2 N–H and O–H groups in total. The molecule has 108 valence electrons. The minimum Gasteiger partial charge on any atom is -0.307 e. The number of benzene rings is 2. The zero-order chi connectivity index (χ0) is 12.2. The van der Waals surface area contributed by atoms with Gasteiger partial charge < -0.3 is 10.6 Å². The van der Waals surface area contributed by atoms with Crippen LogP contribution in [-0.2, 0) is 0 Å². The molecule has 1 aliphatic heterocycles. The predicted octanol–water partition coefficient (Wildman–Crippen LogP) is 3.51. The lowest BCUT2D eigenvalue weighted by molar-refractivity contribution is 0.357. The van der Waals surface area contributed by atoms with Crippen molar-refractivity contribution in [3.05, 3.63) is 71.8 Å². The second kappa shape index (κ2) is 8.28. The van der Waals surface area contributed by atoms with Gasteiger partial charge in [-0.2, -0.15) is 0 Å². The minimum absolute atomic E-state index is 0. The molecule has 2 aromatic carbocycles. The Labute approximate surface area is 132 Å². The second-order valence-corrected chi connectivity index (χ2v) is 4.74. The Morgan fingerprint density at radius 1 is 0.600 bits per heavy atom. The summed E-state index contributed by atoms with van der Waals surface area (Å²) >= 11 is 0. The highest BCUT2D eigenvalue weighted by Gasteiger charge is 2.21. The standard InChI is InChI=1S/C16H18N2.2ClH/c1-3-7-13(8-4-1)15-11-18-16(12-17-15)14-9-5-2-6-10-14;;/h1-10,15-18H,11-12H2;2*1H. The van der Waals surface area contributed by atoms with Crippen molar-refractivity contribution in [1.82, 2.24) is 10.6 Å². The summed E-state index contributed by atoms with van der Waals surface area (Å²) in [5.74, 6) is 0. The number of hydrogen-bond donors (Lipinski definition) is 2. The fraction of sp³-hybridized carbons (Fsp3) is 0.250. The first-order chi connectivity index (χ1) is 8.93. The van der Waals surface area contributed by atoms with Gasteiger partial charge in [-0.1, -0.05) is 60.7 Å². The van der Waals surface area contributed by atoms with E-state index < -0.39 is 0 Å². The van der Waals surface area contributed by atoms with Gasteiger partial charge in [0, 0.05) is 25.2 Å². The van der Waals surface area contributed by atoms with Gasteiger partial charge in [-0.15, -0.1) is 24.8 Å². The third kappa shape index (κ3) is 3.97. The van der Waals surface area contributed by atoms with Gasteiger partial charge in [0.05, 0.1) is 0 Å². The monoisotopic (exact) mass is 310 g/mol. The summed E-state index contributed by atoms with van der Waals surface area (Å²) in [4.78, 5) is 0. The number of hydrogen-bond acceptors (Lipinski definition) is 2. The zero-order valence-corrected chi connectivity index (χ0v) is 12.8. The van der Waals surface area contributed by atoms with Crippen molar-refractivity contribution < 1.29 is 0 Å². The normalized spacial score (nSPS) is 21.4. The van der Waals surface area contributed by atoms with Crippen molar-refractivity contribution in [1.29, 1.82) is 0 Å². The van der Waals surface area contributed by atoms with Crippen molar-refractivity contribution in [2.75, 3.05) is 13.1 Å². The van der Waals surface area contributed by atoms with Crippen molar-refractivity contribution in [2.24, 2.45) is 0 Å². The third-order valence-electron chi connectivity index (χ3n) is 3.54. The molecule has 0 spiro atoms. The largest absolute Gasteiger partial charge is 0.307 e. The van der Waals surface area contributed by atoms with Crippen molar-refractivity contribution in [3.8, 4) is 0 Å². The van der Waals surface area contributed by atoms with Gasteiger partial charge in [0.15, 0.2) is 0 Å². The predicted molar refractivity (Wildman–Crippen MR) is 88.9 cm³/mol. The van der Waals surface area contributed by atoms with Crippen molar-refractivity contribution >= 4 is 24.8 Å². The lowest BCUT2D eigenvalue weighted by atomic mass is 10.00. The molecule has 0 saturated carbocycles. The Bertz CT molecular complexity index is 435. The molecule has 0 radical (unpaired) electrons. The maximum Gasteiger partial charge on any atom is 0.0447 e. The summed E-state index contributed by atoms with van der Waals surface area (Å²) < 4.78 is 0. The summed E-state index contributed by atoms with van der Waals surface area (Å²) in [6.07, 6.45) is 0. The average Bonchev–Trinajstić information content (AvgIpc) is 2.49. The molecule has 3 rings (SSSR count). The Morgan fingerprint density at radius 3 is 1.25 bits per heavy atom. The molecule has 0 bridgehead atoms. The molecule has 1 heterocycles. The second-order valence-electron chi connectivity index (χ2n) is 4.74. The quantitative estimate of drug-likeness (QED) is 0.887. The highest BCUT2D eigenvalue weighted by Crippen LogP contribution is 2.20. The molecule has 2 aromatic rings. The van der Waals surface area contributed by atoms with Crippen LogP contribution in [0.25, 0.3) is 0 Å². The summed E-state index contributed by atoms with van der Waals surface area (Å²) in [5, 5.41) is 7.24. The number of halogens is 2. The van der Waals surface area contributed by atoms with E-state index >= 15 is 0 Å². The van der Waals surface area contributed by atoms with E-state index in [4.69, 9.17) is 0 Å². The van der Waals surface area contributed by atoms with Crippen LogP contribution in [0, 0.1) is 0 Å². The first-order valence-corrected chi connectivity index (χ1v) is 6.50. The van der Waals surface area contributed by atoms with Crippen molar-refractivity contribution in [2.45, 2.75) is 12.1 Å². The van der Waals surface area contributed by atoms with E-state index in [2.05, 4.69) is 71.3 Å². The van der Waals surface area contributed by atoms with E-state index in [1.807, 2.05) is 0 Å². The lowest BCUT2D eigenvalue weighted by Gasteiger charge is -2.31. The number of nitrogens with one attached hydrogen (secondary N) is 2. The van der Waals surface area contributed by atoms with Gasteiger partial charge in [-0.3, -0.25) is 0 Å². The van der Waals surface area contributed by atoms with Crippen LogP contribution in [0.5, 0.6) is 0 Å². The smallest absolute Gasteiger partial charge is 0.0447 e. The molecule has 0 amide bonds. The van der Waals surface area contributed by atoms with Gasteiger partial charge in [-0.25, -0.2) is 0 Å². The van der Waals surface area contributed by atoms with E-state index in [0.717, 1.165) is 13.1 Å². The Morgan fingerprint density at radius 2 is 0.950 bits per heavy atom. The van der Waals surface area contributed by atoms with E-state index in [-0.39, 0.29) is 24.8 Å². The first-order valence-electron chi connectivity index (χ1n) is 6.50.